The third-order valence-corrected chi connectivity index (χ3v) is 6.49. The quantitative estimate of drug-likeness (QED) is 0.627. The first-order chi connectivity index (χ1) is 9.70. The van der Waals surface area contributed by atoms with Crippen LogP contribution in [0.25, 0.3) is 0 Å². The van der Waals surface area contributed by atoms with Gasteiger partial charge in [0.2, 0.25) is 0 Å². The minimum Gasteiger partial charge on any atom is -0.0850 e. The van der Waals surface area contributed by atoms with E-state index in [-0.39, 0.29) is 0 Å². The van der Waals surface area contributed by atoms with Crippen LogP contribution in [0.2, 0.25) is 0 Å². The van der Waals surface area contributed by atoms with E-state index in [9.17, 15) is 0 Å². The smallest absolute Gasteiger partial charge is 0.0182 e. The summed E-state index contributed by atoms with van der Waals surface area (Å²) >= 11 is 0. The molecule has 1 aromatic rings. The Labute approximate surface area is 123 Å². The lowest BCUT2D eigenvalue weighted by molar-refractivity contribution is 0.168. The lowest BCUT2D eigenvalue weighted by atomic mass is 9.64. The second-order valence-electron chi connectivity index (χ2n) is 7.55. The summed E-state index contributed by atoms with van der Waals surface area (Å²) in [6.07, 6.45) is 12.1. The van der Waals surface area contributed by atoms with Crippen molar-refractivity contribution in [2.75, 3.05) is 0 Å². The fourth-order valence-electron chi connectivity index (χ4n) is 4.95. The van der Waals surface area contributed by atoms with Crippen LogP contribution in [0.1, 0.15) is 68.6 Å². The van der Waals surface area contributed by atoms with Gasteiger partial charge >= 0.3 is 0 Å². The van der Waals surface area contributed by atoms with Gasteiger partial charge in [-0.05, 0) is 78.9 Å². The number of hydrogen-bond acceptors (Lipinski definition) is 0. The number of hydrogen-bond donors (Lipinski definition) is 0. The van der Waals surface area contributed by atoms with Crippen LogP contribution in [0.3, 0.4) is 0 Å². The summed E-state index contributed by atoms with van der Waals surface area (Å²) in [5, 5.41) is 0. The lowest BCUT2D eigenvalue weighted by Crippen LogP contribution is -2.33. The summed E-state index contributed by atoms with van der Waals surface area (Å²) in [6, 6.07) is 7.36. The first kappa shape index (κ1) is 12.7. The third kappa shape index (κ3) is 1.80. The van der Waals surface area contributed by atoms with Crippen molar-refractivity contribution in [3.8, 4) is 0 Å². The van der Waals surface area contributed by atoms with E-state index in [1.807, 2.05) is 0 Å². The van der Waals surface area contributed by atoms with Crippen molar-refractivity contribution in [2.24, 2.45) is 11.3 Å². The van der Waals surface area contributed by atoms with E-state index in [4.69, 9.17) is 0 Å². The highest BCUT2D eigenvalue weighted by Gasteiger charge is 2.48. The molecule has 1 spiro atoms. The van der Waals surface area contributed by atoms with Crippen LogP contribution < -0.4 is 0 Å². The maximum atomic E-state index is 2.55. The zero-order chi connectivity index (χ0) is 13.7. The normalized spacial score (nSPS) is 32.3. The molecule has 0 amide bonds. The molecule has 0 aromatic heterocycles. The molecule has 3 unspecified atom stereocenters. The molecular formula is C20H26. The molecule has 0 heteroatoms. The summed E-state index contributed by atoms with van der Waals surface area (Å²) in [5.41, 5.74) is 7.30. The van der Waals surface area contributed by atoms with Gasteiger partial charge in [-0.2, -0.15) is 0 Å². The zero-order valence-corrected chi connectivity index (χ0v) is 12.9. The Morgan fingerprint density at radius 2 is 2.15 bits per heavy atom. The van der Waals surface area contributed by atoms with E-state index in [0.717, 1.165) is 5.92 Å². The number of allylic oxidation sites excluding steroid dienone is 2. The number of rotatable bonds is 2. The van der Waals surface area contributed by atoms with Crippen LogP contribution >= 0.6 is 0 Å². The maximum absolute atomic E-state index is 2.55. The molecule has 1 saturated carbocycles. The summed E-state index contributed by atoms with van der Waals surface area (Å²) < 4.78 is 0. The van der Waals surface area contributed by atoms with Gasteiger partial charge in [0.15, 0.2) is 0 Å². The molecule has 4 rings (SSSR count). The predicted molar refractivity (Wildman–Crippen MR) is 85.0 cm³/mol. The first-order valence-corrected chi connectivity index (χ1v) is 8.50. The second-order valence-corrected chi connectivity index (χ2v) is 7.55. The number of benzene rings is 1. The van der Waals surface area contributed by atoms with E-state index in [1.54, 1.807) is 22.3 Å². The number of aryl methyl sites for hydroxylation is 1. The van der Waals surface area contributed by atoms with Crippen LogP contribution in [-0.2, 0) is 12.8 Å². The van der Waals surface area contributed by atoms with Crippen LogP contribution in [0, 0.1) is 11.3 Å². The monoisotopic (exact) mass is 266 g/mol. The largest absolute Gasteiger partial charge is 0.0850 e. The third-order valence-electron chi connectivity index (χ3n) is 6.49. The molecule has 0 saturated heterocycles. The minimum absolute atomic E-state index is 0.644. The second kappa shape index (κ2) is 4.48. The molecule has 0 radical (unpaired) electrons. The van der Waals surface area contributed by atoms with Crippen molar-refractivity contribution in [1.29, 1.82) is 0 Å². The van der Waals surface area contributed by atoms with Crippen LogP contribution in [-0.4, -0.2) is 0 Å². The molecule has 0 heterocycles. The van der Waals surface area contributed by atoms with E-state index < -0.39 is 0 Å². The average Bonchev–Trinajstić information content (AvgIpc) is 3.06. The molecular weight excluding hydrogens is 240 g/mol. The Hall–Kier alpha value is -1.04. The molecule has 3 aliphatic rings. The Morgan fingerprint density at radius 1 is 1.25 bits per heavy atom. The van der Waals surface area contributed by atoms with Crippen molar-refractivity contribution in [3.63, 3.8) is 0 Å². The summed E-state index contributed by atoms with van der Waals surface area (Å²) in [5.74, 6) is 1.68. The molecule has 0 aliphatic heterocycles. The van der Waals surface area contributed by atoms with E-state index in [1.165, 1.54) is 44.9 Å². The molecule has 3 aliphatic carbocycles. The SMILES string of the molecule is CCC(C)c1ccc2c(c1)CC1(CC2)CC2=CCC1C2. The molecule has 2 bridgehead atoms. The minimum atomic E-state index is 0.644. The van der Waals surface area contributed by atoms with Gasteiger partial charge in [-0.15, -0.1) is 0 Å². The fourth-order valence-corrected chi connectivity index (χ4v) is 4.95. The van der Waals surface area contributed by atoms with E-state index >= 15 is 0 Å². The molecule has 0 N–H and O–H groups in total. The van der Waals surface area contributed by atoms with Crippen LogP contribution in [0.15, 0.2) is 29.8 Å². The molecule has 1 fully saturated rings. The predicted octanol–water partition coefficient (Wildman–Crippen LogP) is 5.42. The van der Waals surface area contributed by atoms with Gasteiger partial charge in [-0.1, -0.05) is 43.7 Å². The van der Waals surface area contributed by atoms with Crippen molar-refractivity contribution < 1.29 is 0 Å². The zero-order valence-electron chi connectivity index (χ0n) is 12.9. The summed E-state index contributed by atoms with van der Waals surface area (Å²) in [7, 11) is 0. The standard InChI is InChI=1S/C20H26/c1-3-14(2)17-6-5-16-8-9-20(13-18(16)11-17)12-15-4-7-19(20)10-15/h4-6,11,14,19H,3,7-10,12-13H2,1-2H3. The van der Waals surface area contributed by atoms with Crippen molar-refractivity contribution in [3.05, 3.63) is 46.5 Å². The summed E-state index contributed by atoms with van der Waals surface area (Å²) in [4.78, 5) is 0. The van der Waals surface area contributed by atoms with Gasteiger partial charge in [0.05, 0.1) is 0 Å². The Balaban J connectivity index is 1.66. The van der Waals surface area contributed by atoms with Crippen molar-refractivity contribution in [1.82, 2.24) is 0 Å². The van der Waals surface area contributed by atoms with Gasteiger partial charge in [0.25, 0.3) is 0 Å². The molecule has 1 aromatic carbocycles. The van der Waals surface area contributed by atoms with Crippen molar-refractivity contribution in [2.45, 2.75) is 64.7 Å². The van der Waals surface area contributed by atoms with E-state index in [2.05, 4.69) is 38.1 Å². The molecule has 106 valence electrons. The van der Waals surface area contributed by atoms with Gasteiger partial charge in [-0.3, -0.25) is 0 Å². The van der Waals surface area contributed by atoms with Gasteiger partial charge in [-0.25, -0.2) is 0 Å². The Kier molecular flexibility index (Phi) is 2.84. The highest BCUT2D eigenvalue weighted by Crippen LogP contribution is 2.58. The van der Waals surface area contributed by atoms with Crippen LogP contribution in [0.5, 0.6) is 0 Å². The Morgan fingerprint density at radius 3 is 2.85 bits per heavy atom. The molecule has 3 atom stereocenters. The lowest BCUT2D eigenvalue weighted by Gasteiger charge is -2.40. The highest BCUT2D eigenvalue weighted by atomic mass is 14.5. The van der Waals surface area contributed by atoms with Crippen molar-refractivity contribution >= 4 is 0 Å². The average molecular weight is 266 g/mol. The first-order valence-electron chi connectivity index (χ1n) is 8.50. The highest BCUT2D eigenvalue weighted by molar-refractivity contribution is 5.38. The van der Waals surface area contributed by atoms with E-state index in [0.29, 0.717) is 11.3 Å². The summed E-state index contributed by atoms with van der Waals surface area (Å²) in [6.45, 7) is 4.66. The Bertz CT molecular complexity index is 565. The van der Waals surface area contributed by atoms with Gasteiger partial charge in [0, 0.05) is 0 Å². The topological polar surface area (TPSA) is 0 Å². The molecule has 0 nitrogen and oxygen atoms in total. The van der Waals surface area contributed by atoms with Gasteiger partial charge < -0.3 is 0 Å². The van der Waals surface area contributed by atoms with Gasteiger partial charge in [0.1, 0.15) is 0 Å². The molecule has 20 heavy (non-hydrogen) atoms. The maximum Gasteiger partial charge on any atom is -0.0182 e. The number of fused-ring (bicyclic) bond motifs is 4. The van der Waals surface area contributed by atoms with Crippen LogP contribution in [0.4, 0.5) is 0 Å². The fraction of sp³-hybridized carbons (Fsp3) is 0.600.